The third kappa shape index (κ3) is 2.33. The summed E-state index contributed by atoms with van der Waals surface area (Å²) in [5, 5.41) is 22.1. The van der Waals surface area contributed by atoms with Crippen LogP contribution >= 0.6 is 11.6 Å². The Kier molecular flexibility index (Phi) is 4.08. The Balaban J connectivity index is 2.09. The lowest BCUT2D eigenvalue weighted by Gasteiger charge is -2.26. The topological polar surface area (TPSA) is 105 Å². The molecule has 11 heteroatoms. The van der Waals surface area contributed by atoms with Gasteiger partial charge in [0.05, 0.1) is 18.8 Å². The quantitative estimate of drug-likeness (QED) is 0.535. The fourth-order valence-corrected chi connectivity index (χ4v) is 2.87. The summed E-state index contributed by atoms with van der Waals surface area (Å²) in [6.07, 6.45) is -4.74. The molecule has 0 radical (unpaired) electrons. The molecule has 1 saturated heterocycles. The number of nitrogens with zero attached hydrogens (tertiary/aromatic N) is 4. The molecule has 0 aliphatic carbocycles. The highest BCUT2D eigenvalue weighted by atomic mass is 35.5. The number of rotatable bonds is 4. The van der Waals surface area contributed by atoms with Gasteiger partial charge in [0.2, 0.25) is 0 Å². The van der Waals surface area contributed by atoms with Gasteiger partial charge in [-0.1, -0.05) is 0 Å². The molecule has 0 aromatic carbocycles. The van der Waals surface area contributed by atoms with Gasteiger partial charge in [0.25, 0.3) is 0 Å². The first-order valence-electron chi connectivity index (χ1n) is 6.72. The SMILES string of the molecule is CNc1nc(F)nc2c1ncn2[C@@H]1O[C@@](CO)(CCl)[C@@H](O)[C@H]1F. The monoisotopic (exact) mass is 349 g/mol. The molecule has 3 rings (SSSR count). The molecular weight excluding hydrogens is 336 g/mol. The second-order valence-corrected chi connectivity index (χ2v) is 5.44. The highest BCUT2D eigenvalue weighted by Crippen LogP contribution is 2.40. The summed E-state index contributed by atoms with van der Waals surface area (Å²) < 4.78 is 34.6. The van der Waals surface area contributed by atoms with Gasteiger partial charge in [0, 0.05) is 7.05 Å². The van der Waals surface area contributed by atoms with E-state index < -0.39 is 36.8 Å². The maximum Gasteiger partial charge on any atom is 0.312 e. The molecule has 4 atom stereocenters. The van der Waals surface area contributed by atoms with E-state index in [9.17, 15) is 19.0 Å². The van der Waals surface area contributed by atoms with E-state index in [1.807, 2.05) is 0 Å². The largest absolute Gasteiger partial charge is 0.393 e. The van der Waals surface area contributed by atoms with Crippen LogP contribution in [0.1, 0.15) is 6.23 Å². The van der Waals surface area contributed by atoms with E-state index in [2.05, 4.69) is 20.3 Å². The Morgan fingerprint density at radius 3 is 2.83 bits per heavy atom. The molecule has 0 saturated carbocycles. The van der Waals surface area contributed by atoms with Crippen molar-refractivity contribution in [2.75, 3.05) is 24.9 Å². The van der Waals surface area contributed by atoms with Crippen LogP contribution in [0.15, 0.2) is 6.33 Å². The van der Waals surface area contributed by atoms with Crippen LogP contribution in [0.25, 0.3) is 11.2 Å². The molecule has 23 heavy (non-hydrogen) atoms. The number of aliphatic hydroxyl groups is 2. The smallest absolute Gasteiger partial charge is 0.312 e. The molecule has 0 bridgehead atoms. The fourth-order valence-electron chi connectivity index (χ4n) is 2.57. The van der Waals surface area contributed by atoms with Crippen molar-refractivity contribution < 1.29 is 23.7 Å². The maximum atomic E-state index is 14.5. The van der Waals surface area contributed by atoms with Crippen molar-refractivity contribution >= 4 is 28.6 Å². The molecule has 0 amide bonds. The van der Waals surface area contributed by atoms with Gasteiger partial charge in [-0.2, -0.15) is 14.4 Å². The standard InChI is InChI=1S/C12H14ClF2N5O3/c1-16-8-6-9(19-11(15)18-8)20(4-17-6)10-5(14)7(22)12(2-13,3-21)23-10/h4-5,7,10,21-22H,2-3H2,1H3,(H,16,18,19)/t5-,7+,10-,12-/m1/s1. The second kappa shape index (κ2) is 5.78. The van der Waals surface area contributed by atoms with Gasteiger partial charge in [-0.05, 0) is 0 Å². The van der Waals surface area contributed by atoms with Crippen molar-refractivity contribution in [3.63, 3.8) is 0 Å². The number of aromatic nitrogens is 4. The number of hydrogen-bond donors (Lipinski definition) is 3. The minimum atomic E-state index is -1.91. The Labute approximate surface area is 134 Å². The molecule has 1 aliphatic heterocycles. The molecule has 3 heterocycles. The number of halogens is 3. The Morgan fingerprint density at radius 2 is 2.26 bits per heavy atom. The van der Waals surface area contributed by atoms with Crippen molar-refractivity contribution in [2.45, 2.75) is 24.1 Å². The van der Waals surface area contributed by atoms with Crippen LogP contribution < -0.4 is 5.32 Å². The van der Waals surface area contributed by atoms with Crippen LogP contribution in [0.4, 0.5) is 14.6 Å². The molecule has 126 valence electrons. The lowest BCUT2D eigenvalue weighted by Crippen LogP contribution is -2.47. The van der Waals surface area contributed by atoms with E-state index in [0.717, 1.165) is 4.57 Å². The lowest BCUT2D eigenvalue weighted by molar-refractivity contribution is -0.113. The van der Waals surface area contributed by atoms with Crippen LogP contribution in [0.3, 0.4) is 0 Å². The van der Waals surface area contributed by atoms with E-state index in [1.54, 1.807) is 0 Å². The average molecular weight is 350 g/mol. The van der Waals surface area contributed by atoms with E-state index in [4.69, 9.17) is 16.3 Å². The van der Waals surface area contributed by atoms with E-state index in [-0.39, 0.29) is 22.9 Å². The Bertz CT molecular complexity index is 726. The van der Waals surface area contributed by atoms with Gasteiger partial charge in [-0.25, -0.2) is 9.37 Å². The summed E-state index contributed by atoms with van der Waals surface area (Å²) in [4.78, 5) is 11.2. The Morgan fingerprint density at radius 1 is 1.52 bits per heavy atom. The number of ether oxygens (including phenoxy) is 1. The van der Waals surface area contributed by atoms with Crippen molar-refractivity contribution in [3.05, 3.63) is 12.4 Å². The van der Waals surface area contributed by atoms with Gasteiger partial charge in [0.15, 0.2) is 29.4 Å². The van der Waals surface area contributed by atoms with E-state index in [0.29, 0.717) is 0 Å². The molecule has 0 spiro atoms. The van der Waals surface area contributed by atoms with Gasteiger partial charge >= 0.3 is 6.08 Å². The molecule has 1 fully saturated rings. The summed E-state index contributed by atoms with van der Waals surface area (Å²) in [5.74, 6) is -0.190. The van der Waals surface area contributed by atoms with Crippen molar-refractivity contribution in [2.24, 2.45) is 0 Å². The van der Waals surface area contributed by atoms with Crippen LogP contribution in [0, 0.1) is 6.08 Å². The van der Waals surface area contributed by atoms with Crippen LogP contribution in [-0.4, -0.2) is 67.1 Å². The third-order valence-corrected chi connectivity index (χ3v) is 4.32. The van der Waals surface area contributed by atoms with E-state index in [1.165, 1.54) is 13.4 Å². The number of imidazole rings is 1. The van der Waals surface area contributed by atoms with Gasteiger partial charge in [-0.15, -0.1) is 11.6 Å². The number of anilines is 1. The second-order valence-electron chi connectivity index (χ2n) is 5.17. The highest BCUT2D eigenvalue weighted by molar-refractivity contribution is 6.18. The third-order valence-electron chi connectivity index (χ3n) is 3.87. The lowest BCUT2D eigenvalue weighted by atomic mass is 9.99. The predicted octanol–water partition coefficient (Wildman–Crippen LogP) is 0.205. The van der Waals surface area contributed by atoms with Crippen molar-refractivity contribution in [3.8, 4) is 0 Å². The molecule has 0 unspecified atom stereocenters. The molecule has 2 aromatic heterocycles. The summed E-state index contributed by atoms with van der Waals surface area (Å²) in [5.41, 5.74) is -1.45. The summed E-state index contributed by atoms with van der Waals surface area (Å²) in [6.45, 7) is -0.674. The number of nitrogens with one attached hydrogen (secondary N) is 1. The van der Waals surface area contributed by atoms with Crippen molar-refractivity contribution in [1.29, 1.82) is 0 Å². The summed E-state index contributed by atoms with van der Waals surface area (Å²) in [6, 6.07) is 0. The van der Waals surface area contributed by atoms with E-state index >= 15 is 0 Å². The molecule has 2 aromatic rings. The molecule has 1 aliphatic rings. The average Bonchev–Trinajstić information content (AvgIpc) is 3.07. The zero-order valence-electron chi connectivity index (χ0n) is 11.9. The van der Waals surface area contributed by atoms with Crippen LogP contribution in [-0.2, 0) is 4.74 Å². The normalized spacial score (nSPS) is 31.0. The summed E-state index contributed by atoms with van der Waals surface area (Å²) >= 11 is 5.71. The first kappa shape index (κ1) is 16.2. The van der Waals surface area contributed by atoms with Gasteiger partial charge < -0.3 is 20.3 Å². The zero-order chi connectivity index (χ0) is 16.8. The van der Waals surface area contributed by atoms with Crippen molar-refractivity contribution in [1.82, 2.24) is 19.5 Å². The van der Waals surface area contributed by atoms with Crippen LogP contribution in [0.2, 0.25) is 0 Å². The Hall–Kier alpha value is -1.62. The number of fused-ring (bicyclic) bond motifs is 1. The molecule has 8 nitrogen and oxygen atoms in total. The predicted molar refractivity (Wildman–Crippen MR) is 76.4 cm³/mol. The highest BCUT2D eigenvalue weighted by Gasteiger charge is 2.55. The molecule has 3 N–H and O–H groups in total. The van der Waals surface area contributed by atoms with Crippen LogP contribution in [0.5, 0.6) is 0 Å². The zero-order valence-corrected chi connectivity index (χ0v) is 12.7. The first-order valence-corrected chi connectivity index (χ1v) is 7.25. The first-order chi connectivity index (χ1) is 11.0. The number of hydrogen-bond acceptors (Lipinski definition) is 7. The molecular formula is C12H14ClF2N5O3. The fraction of sp³-hybridized carbons (Fsp3) is 0.583. The maximum absolute atomic E-state index is 14.5. The number of alkyl halides is 2. The van der Waals surface area contributed by atoms with Gasteiger partial charge in [-0.3, -0.25) is 4.57 Å². The minimum Gasteiger partial charge on any atom is -0.393 e. The summed E-state index contributed by atoms with van der Waals surface area (Å²) in [7, 11) is 1.53. The van der Waals surface area contributed by atoms with Gasteiger partial charge in [0.1, 0.15) is 11.7 Å². The minimum absolute atomic E-state index is 0.00925. The number of aliphatic hydroxyl groups excluding tert-OH is 2.